The fourth-order valence-electron chi connectivity index (χ4n) is 2.25. The molecule has 0 N–H and O–H groups in total. The van der Waals surface area contributed by atoms with E-state index < -0.39 is 0 Å². The minimum Gasteiger partial charge on any atom is -0.377 e. The Morgan fingerprint density at radius 2 is 2.17 bits per heavy atom. The normalized spacial score (nSPS) is 18.8. The lowest BCUT2D eigenvalue weighted by molar-refractivity contribution is -0.0371. The van der Waals surface area contributed by atoms with Crippen LogP contribution in [0.1, 0.15) is 29.8 Å². The first-order chi connectivity index (χ1) is 8.42. The summed E-state index contributed by atoms with van der Waals surface area (Å²) in [6, 6.07) is 4.27. The molecule has 1 fully saturated rings. The fraction of sp³-hybridized carbons (Fsp3) is 0.500. The summed E-state index contributed by atoms with van der Waals surface area (Å²) >= 11 is 0. The Morgan fingerprint density at radius 3 is 2.78 bits per heavy atom. The highest BCUT2D eigenvalue weighted by atomic mass is 19.1. The van der Waals surface area contributed by atoms with Gasteiger partial charge < -0.3 is 9.64 Å². The van der Waals surface area contributed by atoms with E-state index in [1.54, 1.807) is 17.9 Å². The van der Waals surface area contributed by atoms with Crippen molar-refractivity contribution in [2.75, 3.05) is 19.8 Å². The molecule has 4 heteroatoms. The van der Waals surface area contributed by atoms with Gasteiger partial charge in [0.2, 0.25) is 0 Å². The van der Waals surface area contributed by atoms with Crippen LogP contribution in [-0.4, -0.2) is 36.1 Å². The second-order valence-electron chi connectivity index (χ2n) is 5.28. The summed E-state index contributed by atoms with van der Waals surface area (Å²) in [5.74, 6) is -0.369. The quantitative estimate of drug-likeness (QED) is 0.767. The Balaban J connectivity index is 2.30. The van der Waals surface area contributed by atoms with Crippen LogP contribution in [0, 0.1) is 12.7 Å². The molecule has 0 spiro atoms. The number of halogens is 1. The third-order valence-electron chi connectivity index (χ3n) is 3.31. The maximum atomic E-state index is 13.1. The van der Waals surface area contributed by atoms with Crippen molar-refractivity contribution in [3.63, 3.8) is 0 Å². The average Bonchev–Trinajstić information content (AvgIpc) is 2.27. The summed E-state index contributed by atoms with van der Waals surface area (Å²) in [6.45, 7) is 7.35. The zero-order valence-electron chi connectivity index (χ0n) is 11.0. The van der Waals surface area contributed by atoms with Gasteiger partial charge in [-0.25, -0.2) is 4.39 Å². The number of hydrogen-bond acceptors (Lipinski definition) is 2. The first-order valence-corrected chi connectivity index (χ1v) is 6.08. The number of morpholine rings is 1. The van der Waals surface area contributed by atoms with Crippen LogP contribution < -0.4 is 0 Å². The lowest BCUT2D eigenvalue weighted by Gasteiger charge is -2.42. The van der Waals surface area contributed by atoms with E-state index in [-0.39, 0.29) is 17.3 Å². The van der Waals surface area contributed by atoms with Gasteiger partial charge in [-0.15, -0.1) is 0 Å². The molecule has 1 aromatic rings. The Labute approximate surface area is 107 Å². The van der Waals surface area contributed by atoms with E-state index in [9.17, 15) is 9.18 Å². The molecule has 1 aromatic carbocycles. The van der Waals surface area contributed by atoms with Gasteiger partial charge in [0.15, 0.2) is 0 Å². The minimum absolute atomic E-state index is 0.0548. The molecule has 0 atom stereocenters. The molecule has 0 unspecified atom stereocenters. The Morgan fingerprint density at radius 1 is 1.44 bits per heavy atom. The van der Waals surface area contributed by atoms with Gasteiger partial charge in [-0.2, -0.15) is 0 Å². The Kier molecular flexibility index (Phi) is 3.39. The molecular weight excluding hydrogens is 233 g/mol. The molecule has 1 saturated heterocycles. The smallest absolute Gasteiger partial charge is 0.254 e. The number of nitrogens with zero attached hydrogens (tertiary/aromatic N) is 1. The van der Waals surface area contributed by atoms with E-state index in [4.69, 9.17) is 4.74 Å². The van der Waals surface area contributed by atoms with Gasteiger partial charge in [0.25, 0.3) is 5.91 Å². The summed E-state index contributed by atoms with van der Waals surface area (Å²) < 4.78 is 18.5. The molecule has 1 aliphatic heterocycles. The van der Waals surface area contributed by atoms with Crippen LogP contribution in [0.15, 0.2) is 18.2 Å². The molecule has 0 aliphatic carbocycles. The SMILES string of the molecule is Cc1cc(F)ccc1C(=O)N1CCOCC1(C)C. The molecule has 18 heavy (non-hydrogen) atoms. The predicted molar refractivity (Wildman–Crippen MR) is 67.1 cm³/mol. The zero-order valence-corrected chi connectivity index (χ0v) is 11.0. The number of benzene rings is 1. The summed E-state index contributed by atoms with van der Waals surface area (Å²) in [5, 5.41) is 0. The summed E-state index contributed by atoms with van der Waals surface area (Å²) in [6.07, 6.45) is 0. The van der Waals surface area contributed by atoms with Crippen molar-refractivity contribution < 1.29 is 13.9 Å². The van der Waals surface area contributed by atoms with E-state index in [0.29, 0.717) is 30.9 Å². The number of aryl methyl sites for hydroxylation is 1. The highest BCUT2D eigenvalue weighted by Gasteiger charge is 2.34. The maximum absolute atomic E-state index is 13.1. The molecule has 1 aliphatic rings. The van der Waals surface area contributed by atoms with E-state index in [1.807, 2.05) is 13.8 Å². The van der Waals surface area contributed by atoms with Gasteiger partial charge in [0.05, 0.1) is 18.8 Å². The highest BCUT2D eigenvalue weighted by molar-refractivity contribution is 5.96. The van der Waals surface area contributed by atoms with Crippen molar-refractivity contribution in [1.29, 1.82) is 0 Å². The van der Waals surface area contributed by atoms with Crippen LogP contribution in [0.2, 0.25) is 0 Å². The minimum atomic E-state index is -0.323. The second-order valence-corrected chi connectivity index (χ2v) is 5.28. The lowest BCUT2D eigenvalue weighted by atomic mass is 9.99. The van der Waals surface area contributed by atoms with E-state index >= 15 is 0 Å². The summed E-state index contributed by atoms with van der Waals surface area (Å²) in [5.41, 5.74) is 0.907. The zero-order chi connectivity index (χ0) is 13.3. The van der Waals surface area contributed by atoms with E-state index in [1.165, 1.54) is 12.1 Å². The van der Waals surface area contributed by atoms with Crippen LogP contribution in [0.5, 0.6) is 0 Å². The third kappa shape index (κ3) is 2.38. The van der Waals surface area contributed by atoms with E-state index in [0.717, 1.165) is 0 Å². The van der Waals surface area contributed by atoms with Crippen molar-refractivity contribution in [3.05, 3.63) is 35.1 Å². The van der Waals surface area contributed by atoms with Crippen molar-refractivity contribution >= 4 is 5.91 Å². The standard InChI is InChI=1S/C14H18FNO2/c1-10-8-11(15)4-5-12(10)13(17)16-6-7-18-9-14(16,2)3/h4-5,8H,6-7,9H2,1-3H3. The molecule has 0 radical (unpaired) electrons. The molecule has 3 nitrogen and oxygen atoms in total. The molecule has 2 rings (SSSR count). The molecule has 1 amide bonds. The number of hydrogen-bond donors (Lipinski definition) is 0. The highest BCUT2D eigenvalue weighted by Crippen LogP contribution is 2.23. The van der Waals surface area contributed by atoms with E-state index in [2.05, 4.69) is 0 Å². The number of ether oxygens (including phenoxy) is 1. The largest absolute Gasteiger partial charge is 0.377 e. The Bertz CT molecular complexity index is 471. The average molecular weight is 251 g/mol. The summed E-state index contributed by atoms with van der Waals surface area (Å²) in [7, 11) is 0. The summed E-state index contributed by atoms with van der Waals surface area (Å²) in [4.78, 5) is 14.3. The molecule has 0 bridgehead atoms. The lowest BCUT2D eigenvalue weighted by Crippen LogP contribution is -2.55. The van der Waals surface area contributed by atoms with Gasteiger partial charge in [-0.1, -0.05) is 0 Å². The maximum Gasteiger partial charge on any atom is 0.254 e. The molecule has 1 heterocycles. The molecule has 0 saturated carbocycles. The molecule has 98 valence electrons. The van der Waals surface area contributed by atoms with Crippen LogP contribution in [0.4, 0.5) is 4.39 Å². The topological polar surface area (TPSA) is 29.5 Å². The third-order valence-corrected chi connectivity index (χ3v) is 3.31. The van der Waals surface area contributed by atoms with Crippen molar-refractivity contribution in [3.8, 4) is 0 Å². The number of amides is 1. The molecule has 0 aromatic heterocycles. The monoisotopic (exact) mass is 251 g/mol. The van der Waals surface area contributed by atoms with Crippen LogP contribution in [-0.2, 0) is 4.74 Å². The predicted octanol–water partition coefficient (Wildman–Crippen LogP) is 2.39. The van der Waals surface area contributed by atoms with Crippen molar-refractivity contribution in [1.82, 2.24) is 4.90 Å². The number of carbonyl (C=O) groups is 1. The van der Waals surface area contributed by atoms with Crippen LogP contribution >= 0.6 is 0 Å². The van der Waals surface area contributed by atoms with Gasteiger partial charge in [-0.05, 0) is 44.5 Å². The van der Waals surface area contributed by atoms with Gasteiger partial charge >= 0.3 is 0 Å². The van der Waals surface area contributed by atoms with Crippen molar-refractivity contribution in [2.45, 2.75) is 26.3 Å². The van der Waals surface area contributed by atoms with Crippen molar-refractivity contribution in [2.24, 2.45) is 0 Å². The first-order valence-electron chi connectivity index (χ1n) is 6.08. The van der Waals surface area contributed by atoms with Gasteiger partial charge in [0.1, 0.15) is 5.82 Å². The van der Waals surface area contributed by atoms with Gasteiger partial charge in [-0.3, -0.25) is 4.79 Å². The molecular formula is C14H18FNO2. The van der Waals surface area contributed by atoms with Gasteiger partial charge in [0, 0.05) is 12.1 Å². The Hall–Kier alpha value is -1.42. The fourth-order valence-corrected chi connectivity index (χ4v) is 2.25. The van der Waals surface area contributed by atoms with Crippen LogP contribution in [0.25, 0.3) is 0 Å². The van der Waals surface area contributed by atoms with Crippen LogP contribution in [0.3, 0.4) is 0 Å². The number of carbonyl (C=O) groups excluding carboxylic acids is 1. The first kappa shape index (κ1) is 13.0. The number of rotatable bonds is 1. The second kappa shape index (κ2) is 4.69.